The Morgan fingerprint density at radius 3 is 1.75 bits per heavy atom. The summed E-state index contributed by atoms with van der Waals surface area (Å²) < 4.78 is 13.5. The molecule has 55 heavy (non-hydrogen) atoms. The standard InChI is InChI=1S/C48H32N4OSSi/c1-55(2,43-19-7-15-37-45(43)31-11-3-5-13-35(31)51(37)29-21-23-39-33(27-29)47-40(53-39)17-9-25-49-47)44-20-8-16-38-46(44)32-12-4-6-14-36(32)52(38)30-22-24-41-34(28-30)48-42(54-41)18-10-26-50-48/h3-28H,1-2H3. The fourth-order valence-electron chi connectivity index (χ4n) is 9.23. The van der Waals surface area contributed by atoms with Crippen molar-refractivity contribution in [3.63, 3.8) is 0 Å². The highest BCUT2D eigenvalue weighted by molar-refractivity contribution is 7.25. The van der Waals surface area contributed by atoms with Crippen LogP contribution >= 0.6 is 11.3 Å². The van der Waals surface area contributed by atoms with Crippen LogP contribution in [-0.2, 0) is 0 Å². The Bertz CT molecular complexity index is 3320. The third-order valence-electron chi connectivity index (χ3n) is 11.7. The second-order valence-electron chi connectivity index (χ2n) is 15.0. The van der Waals surface area contributed by atoms with E-state index < -0.39 is 8.07 Å². The van der Waals surface area contributed by atoms with Gasteiger partial charge in [0, 0.05) is 60.8 Å². The number of rotatable bonds is 4. The third-order valence-corrected chi connectivity index (χ3v) is 16.3. The normalized spacial score (nSPS) is 12.5. The lowest BCUT2D eigenvalue weighted by Crippen LogP contribution is -2.53. The Balaban J connectivity index is 1.10. The molecule has 0 atom stereocenters. The summed E-state index contributed by atoms with van der Waals surface area (Å²) in [5.74, 6) is 0. The molecule has 6 aromatic carbocycles. The highest BCUT2D eigenvalue weighted by atomic mass is 32.1. The molecule has 6 heterocycles. The summed E-state index contributed by atoms with van der Waals surface area (Å²) in [6.07, 6.45) is 3.73. The predicted octanol–water partition coefficient (Wildman–Crippen LogP) is 11.8. The molecule has 0 bridgehead atoms. The fraction of sp³-hybridized carbons (Fsp3) is 0.0417. The van der Waals surface area contributed by atoms with E-state index in [9.17, 15) is 0 Å². The Morgan fingerprint density at radius 1 is 0.473 bits per heavy atom. The number of hydrogen-bond donors (Lipinski definition) is 0. The van der Waals surface area contributed by atoms with E-state index in [4.69, 9.17) is 9.40 Å². The van der Waals surface area contributed by atoms with Gasteiger partial charge in [-0.25, -0.2) is 0 Å². The largest absolute Gasteiger partial charge is 0.454 e. The van der Waals surface area contributed by atoms with E-state index in [0.717, 1.165) is 39.0 Å². The maximum atomic E-state index is 6.17. The van der Waals surface area contributed by atoms with Gasteiger partial charge in [0.15, 0.2) is 5.58 Å². The predicted molar refractivity (Wildman–Crippen MR) is 234 cm³/mol. The number of hydrogen-bond acceptors (Lipinski definition) is 4. The molecule has 0 amide bonds. The van der Waals surface area contributed by atoms with Gasteiger partial charge >= 0.3 is 0 Å². The molecule has 0 N–H and O–H groups in total. The van der Waals surface area contributed by atoms with Crippen LogP contribution in [0.3, 0.4) is 0 Å². The minimum absolute atomic E-state index is 0.806. The van der Waals surface area contributed by atoms with E-state index in [-0.39, 0.29) is 0 Å². The maximum Gasteiger partial charge on any atom is 0.153 e. The van der Waals surface area contributed by atoms with Crippen molar-refractivity contribution in [3.05, 3.63) is 158 Å². The first-order valence-corrected chi connectivity index (χ1v) is 22.5. The van der Waals surface area contributed by atoms with Gasteiger partial charge in [0.1, 0.15) is 19.2 Å². The Hall–Kier alpha value is -6.54. The number of thiophene rings is 1. The molecule has 0 saturated carbocycles. The van der Waals surface area contributed by atoms with E-state index in [0.29, 0.717) is 0 Å². The SMILES string of the molecule is C[Si](C)(c1cccc2c1c1ccccc1n2-c1ccc2oc3cccnc3c2c1)c1cccc2c1c1ccccc1n2-c1ccc2sc3cccnc3c2c1. The van der Waals surface area contributed by atoms with Crippen LogP contribution in [-0.4, -0.2) is 27.2 Å². The van der Waals surface area contributed by atoms with Crippen molar-refractivity contribution in [2.24, 2.45) is 0 Å². The lowest BCUT2D eigenvalue weighted by atomic mass is 10.1. The van der Waals surface area contributed by atoms with Gasteiger partial charge in [-0.05, 0) is 95.3 Å². The van der Waals surface area contributed by atoms with E-state index in [1.54, 1.807) is 11.3 Å². The first kappa shape index (κ1) is 30.9. The Kier molecular flexibility index (Phi) is 6.31. The molecule has 0 unspecified atom stereocenters. The van der Waals surface area contributed by atoms with Crippen molar-refractivity contribution in [1.29, 1.82) is 0 Å². The van der Waals surface area contributed by atoms with E-state index in [1.165, 1.54) is 68.8 Å². The summed E-state index contributed by atoms with van der Waals surface area (Å²) in [7, 11) is -2.39. The monoisotopic (exact) mass is 740 g/mol. The van der Waals surface area contributed by atoms with Crippen LogP contribution in [0.25, 0.3) is 97.4 Å². The van der Waals surface area contributed by atoms with Crippen LogP contribution in [0, 0.1) is 0 Å². The van der Waals surface area contributed by atoms with Crippen LogP contribution < -0.4 is 10.4 Å². The van der Waals surface area contributed by atoms with Crippen LogP contribution in [0.5, 0.6) is 0 Å². The van der Waals surface area contributed by atoms with Gasteiger partial charge in [-0.1, -0.05) is 73.8 Å². The van der Waals surface area contributed by atoms with Crippen molar-refractivity contribution in [1.82, 2.24) is 19.1 Å². The summed E-state index contributed by atoms with van der Waals surface area (Å²) in [6.45, 7) is 5.05. The summed E-state index contributed by atoms with van der Waals surface area (Å²) >= 11 is 1.81. The average Bonchev–Trinajstić information content (AvgIpc) is 3.98. The van der Waals surface area contributed by atoms with Crippen LogP contribution in [0.15, 0.2) is 162 Å². The number of pyridine rings is 2. The number of para-hydroxylation sites is 2. The maximum absolute atomic E-state index is 6.17. The Labute approximate surface area is 320 Å². The van der Waals surface area contributed by atoms with Gasteiger partial charge < -0.3 is 13.6 Å². The number of furan rings is 1. The lowest BCUT2D eigenvalue weighted by Gasteiger charge is -2.26. The molecule has 7 heteroatoms. The molecule has 6 aromatic heterocycles. The van der Waals surface area contributed by atoms with Crippen molar-refractivity contribution in [2.45, 2.75) is 13.1 Å². The Morgan fingerprint density at radius 2 is 1.05 bits per heavy atom. The van der Waals surface area contributed by atoms with Crippen molar-refractivity contribution < 1.29 is 4.42 Å². The molecular weight excluding hydrogens is 709 g/mol. The summed E-state index contributed by atoms with van der Waals surface area (Å²) in [4.78, 5) is 9.47. The zero-order valence-electron chi connectivity index (χ0n) is 30.1. The quantitative estimate of drug-likeness (QED) is 0.169. The number of aromatic nitrogens is 4. The molecule has 0 aliphatic heterocycles. The number of benzene rings is 6. The van der Waals surface area contributed by atoms with Crippen LogP contribution in [0.1, 0.15) is 0 Å². The molecule has 0 fully saturated rings. The van der Waals surface area contributed by atoms with Gasteiger partial charge in [-0.15, -0.1) is 11.3 Å². The molecule has 0 aliphatic carbocycles. The third kappa shape index (κ3) is 4.27. The minimum Gasteiger partial charge on any atom is -0.454 e. The molecular formula is C48H32N4OSSi. The molecule has 0 radical (unpaired) electrons. The second kappa shape index (κ2) is 11.2. The smallest absolute Gasteiger partial charge is 0.153 e. The molecule has 12 aromatic rings. The van der Waals surface area contributed by atoms with Gasteiger partial charge in [0.25, 0.3) is 0 Å². The van der Waals surface area contributed by atoms with Gasteiger partial charge in [-0.3, -0.25) is 9.97 Å². The van der Waals surface area contributed by atoms with Gasteiger partial charge in [-0.2, -0.15) is 0 Å². The zero-order valence-corrected chi connectivity index (χ0v) is 31.9. The highest BCUT2D eigenvalue weighted by Crippen LogP contribution is 2.39. The summed E-state index contributed by atoms with van der Waals surface area (Å²) in [6, 6.07) is 53.1. The molecule has 0 aliphatic rings. The molecule has 0 spiro atoms. The van der Waals surface area contributed by atoms with Gasteiger partial charge in [0.2, 0.25) is 0 Å². The zero-order chi connectivity index (χ0) is 36.4. The molecule has 12 rings (SSSR count). The number of nitrogens with zero attached hydrogens (tertiary/aromatic N) is 4. The lowest BCUT2D eigenvalue weighted by molar-refractivity contribution is 0.668. The fourth-order valence-corrected chi connectivity index (χ4v) is 13.4. The van der Waals surface area contributed by atoms with Crippen LogP contribution in [0.4, 0.5) is 0 Å². The summed E-state index contributed by atoms with van der Waals surface area (Å²) in [5, 5.41) is 10.3. The highest BCUT2D eigenvalue weighted by Gasteiger charge is 2.33. The molecule has 0 saturated heterocycles. The first-order valence-electron chi connectivity index (χ1n) is 18.7. The summed E-state index contributed by atoms with van der Waals surface area (Å²) in [5.41, 5.74) is 10.7. The average molecular weight is 741 g/mol. The van der Waals surface area contributed by atoms with Crippen molar-refractivity contribution >= 4 is 116 Å². The van der Waals surface area contributed by atoms with Crippen LogP contribution in [0.2, 0.25) is 13.1 Å². The van der Waals surface area contributed by atoms with Gasteiger partial charge in [0.05, 0.1) is 32.3 Å². The molecule has 260 valence electrons. The second-order valence-corrected chi connectivity index (χ2v) is 20.4. The topological polar surface area (TPSA) is 48.8 Å². The minimum atomic E-state index is -2.39. The molecule has 5 nitrogen and oxygen atoms in total. The van der Waals surface area contributed by atoms with E-state index in [2.05, 4.69) is 155 Å². The van der Waals surface area contributed by atoms with Crippen molar-refractivity contribution in [3.8, 4) is 11.4 Å². The first-order chi connectivity index (χ1) is 27.0. The van der Waals surface area contributed by atoms with E-state index >= 15 is 0 Å². The number of fused-ring (bicyclic) bond motifs is 12. The van der Waals surface area contributed by atoms with E-state index in [1.807, 2.05) is 30.6 Å². The van der Waals surface area contributed by atoms with Crippen molar-refractivity contribution in [2.75, 3.05) is 0 Å².